The molecule has 0 unspecified atom stereocenters. The number of carbonyl (C=O) groups excluding carboxylic acids is 1. The van der Waals surface area contributed by atoms with Crippen LogP contribution in [0.15, 0.2) is 24.0 Å². The summed E-state index contributed by atoms with van der Waals surface area (Å²) in [5, 5.41) is 20.3. The Bertz CT molecular complexity index is 701. The summed E-state index contributed by atoms with van der Waals surface area (Å²) < 4.78 is 12.0. The maximum atomic E-state index is 13.3. The van der Waals surface area contributed by atoms with Gasteiger partial charge in [0.15, 0.2) is 11.4 Å². The Morgan fingerprint density at radius 2 is 2.04 bits per heavy atom. The van der Waals surface area contributed by atoms with Gasteiger partial charge in [0.1, 0.15) is 17.8 Å². The van der Waals surface area contributed by atoms with Crippen molar-refractivity contribution in [3.8, 4) is 0 Å². The van der Waals surface area contributed by atoms with Crippen molar-refractivity contribution in [3.63, 3.8) is 0 Å². The van der Waals surface area contributed by atoms with E-state index in [0.717, 1.165) is 17.9 Å². The van der Waals surface area contributed by atoms with Gasteiger partial charge in [-0.25, -0.2) is 4.79 Å². The molecule has 7 atom stereocenters. The molecule has 2 bridgehead atoms. The fourth-order valence-corrected chi connectivity index (χ4v) is 9.02. The van der Waals surface area contributed by atoms with E-state index in [1.807, 2.05) is 13.8 Å². The summed E-state index contributed by atoms with van der Waals surface area (Å²) in [7, 11) is 0. The van der Waals surface area contributed by atoms with Crippen LogP contribution in [0.25, 0.3) is 0 Å². The smallest absolute Gasteiger partial charge is 0.340 e. The highest BCUT2D eigenvalue weighted by Crippen LogP contribution is 2.63. The van der Waals surface area contributed by atoms with Gasteiger partial charge >= 0.3 is 5.97 Å². The Labute approximate surface area is 175 Å². The Morgan fingerprint density at radius 1 is 1.36 bits per heavy atom. The Morgan fingerprint density at radius 3 is 2.64 bits per heavy atom. The van der Waals surface area contributed by atoms with Crippen LogP contribution in [-0.4, -0.2) is 56.2 Å². The zero-order valence-corrected chi connectivity index (χ0v) is 18.4. The summed E-state index contributed by atoms with van der Waals surface area (Å²) in [5.41, 5.74) is -0.283. The van der Waals surface area contributed by atoms with E-state index in [1.54, 1.807) is 29.6 Å². The van der Waals surface area contributed by atoms with Crippen LogP contribution in [0.2, 0.25) is 0 Å². The molecule has 28 heavy (non-hydrogen) atoms. The van der Waals surface area contributed by atoms with Crippen molar-refractivity contribution in [3.05, 3.63) is 24.0 Å². The van der Waals surface area contributed by atoms with E-state index in [9.17, 15) is 15.0 Å². The van der Waals surface area contributed by atoms with Crippen molar-refractivity contribution >= 4 is 29.5 Å². The van der Waals surface area contributed by atoms with Crippen LogP contribution >= 0.6 is 23.5 Å². The lowest BCUT2D eigenvalue weighted by molar-refractivity contribution is -0.220. The molecule has 2 N–H and O–H groups in total. The Balaban J connectivity index is 1.82. The van der Waals surface area contributed by atoms with Gasteiger partial charge in [0.05, 0.1) is 10.00 Å². The molecular weight excluding hydrogens is 396 g/mol. The van der Waals surface area contributed by atoms with Gasteiger partial charge in [-0.3, -0.25) is 0 Å². The third-order valence-corrected chi connectivity index (χ3v) is 10.7. The molecule has 0 amide bonds. The van der Waals surface area contributed by atoms with Gasteiger partial charge in [-0.2, -0.15) is 0 Å². The number of hydrogen-bond donors (Lipinski definition) is 2. The molecule has 1 saturated carbocycles. The predicted octanol–water partition coefficient (Wildman–Crippen LogP) is 2.97. The molecular formula is C21H30O5S2. The fourth-order valence-electron chi connectivity index (χ4n) is 5.52. The molecule has 1 aliphatic carbocycles. The van der Waals surface area contributed by atoms with E-state index < -0.39 is 15.8 Å². The number of carbonyl (C=O) groups is 1. The Hall–Kier alpha value is -0.630. The molecule has 5 rings (SSSR count). The molecule has 5 aliphatic rings. The number of fused-ring (bicyclic) bond motifs is 2. The third-order valence-electron chi connectivity index (χ3n) is 6.81. The minimum atomic E-state index is -0.930. The van der Waals surface area contributed by atoms with Crippen LogP contribution in [0.5, 0.6) is 0 Å². The average Bonchev–Trinajstić information content (AvgIpc) is 3.23. The van der Waals surface area contributed by atoms with E-state index in [-0.39, 0.29) is 42.4 Å². The number of thioether (sulfide) groups is 2. The van der Waals surface area contributed by atoms with Gasteiger partial charge < -0.3 is 19.7 Å². The third kappa shape index (κ3) is 2.72. The summed E-state index contributed by atoms with van der Waals surface area (Å²) >= 11 is 3.59. The van der Waals surface area contributed by atoms with Crippen molar-refractivity contribution in [2.75, 3.05) is 18.1 Å². The van der Waals surface area contributed by atoms with Crippen LogP contribution < -0.4 is 0 Å². The summed E-state index contributed by atoms with van der Waals surface area (Å²) in [4.78, 5) is 13.3. The SMILES string of the molecule is C=C[C@@H]1[C@@H](O)[C@@H]2OC3=C(C4([C@H](C)C[C@H](C)CO)SCCS4)C(=O)O[C@@]31C[C@H]2C. The van der Waals surface area contributed by atoms with Crippen molar-refractivity contribution in [1.82, 2.24) is 0 Å². The maximum absolute atomic E-state index is 13.3. The van der Waals surface area contributed by atoms with Gasteiger partial charge in [-0.05, 0) is 24.2 Å². The van der Waals surface area contributed by atoms with Crippen molar-refractivity contribution in [1.29, 1.82) is 0 Å². The second kappa shape index (κ2) is 7.25. The highest BCUT2D eigenvalue weighted by atomic mass is 32.2. The molecule has 0 aromatic rings. The van der Waals surface area contributed by atoms with E-state index >= 15 is 0 Å². The highest BCUT2D eigenvalue weighted by Gasteiger charge is 2.68. The van der Waals surface area contributed by atoms with Gasteiger partial charge in [0.2, 0.25) is 0 Å². The molecule has 3 saturated heterocycles. The molecule has 4 aliphatic heterocycles. The van der Waals surface area contributed by atoms with Crippen molar-refractivity contribution in [2.45, 2.75) is 55.5 Å². The fraction of sp³-hybridized carbons (Fsp3) is 0.762. The minimum absolute atomic E-state index is 0.105. The normalized spacial score (nSPS) is 40.7. The topological polar surface area (TPSA) is 76.0 Å². The van der Waals surface area contributed by atoms with E-state index in [2.05, 4.69) is 13.5 Å². The van der Waals surface area contributed by atoms with Crippen LogP contribution in [0, 0.1) is 23.7 Å². The van der Waals surface area contributed by atoms with E-state index in [4.69, 9.17) is 9.47 Å². The van der Waals surface area contributed by atoms with E-state index in [1.165, 1.54) is 0 Å². The van der Waals surface area contributed by atoms with Crippen LogP contribution in [-0.2, 0) is 14.3 Å². The first-order valence-corrected chi connectivity index (χ1v) is 12.1. The molecule has 4 fully saturated rings. The second-order valence-corrected chi connectivity index (χ2v) is 11.7. The van der Waals surface area contributed by atoms with Gasteiger partial charge in [0.25, 0.3) is 0 Å². The standard InChI is InChI=1S/C21H30O5S2/c1-5-14-16(23)17-12(3)9-20(14)18(25-17)15(19(24)26-20)21(27-6-7-28-21)13(4)8-11(2)10-22/h5,11-14,16-17,22-23H,1,6-10H2,2-4H3/t11-,12+,13+,14+,16+,17+,20+/m0/s1. The van der Waals surface area contributed by atoms with Crippen molar-refractivity contribution < 1.29 is 24.5 Å². The monoisotopic (exact) mass is 426 g/mol. The molecule has 0 radical (unpaired) electrons. The molecule has 0 aromatic carbocycles. The molecule has 1 spiro atoms. The quantitative estimate of drug-likeness (QED) is 0.499. The zero-order valence-electron chi connectivity index (χ0n) is 16.7. The number of esters is 1. The van der Waals surface area contributed by atoms with Crippen LogP contribution in [0.3, 0.4) is 0 Å². The first-order chi connectivity index (χ1) is 13.3. The average molecular weight is 427 g/mol. The molecule has 4 heterocycles. The number of ether oxygens (including phenoxy) is 2. The highest BCUT2D eigenvalue weighted by molar-refractivity contribution is 8.21. The Kier molecular flexibility index (Phi) is 5.35. The summed E-state index contributed by atoms with van der Waals surface area (Å²) in [6.45, 7) is 10.3. The first kappa shape index (κ1) is 20.6. The minimum Gasteiger partial charge on any atom is -0.487 e. The summed E-state index contributed by atoms with van der Waals surface area (Å²) in [6.07, 6.45) is 2.14. The molecule has 156 valence electrons. The van der Waals surface area contributed by atoms with Crippen LogP contribution in [0.1, 0.15) is 33.6 Å². The van der Waals surface area contributed by atoms with Gasteiger partial charge in [0, 0.05) is 24.5 Å². The number of rotatable bonds is 6. The first-order valence-electron chi connectivity index (χ1n) is 10.1. The van der Waals surface area contributed by atoms with Crippen LogP contribution in [0.4, 0.5) is 0 Å². The summed E-state index contributed by atoms with van der Waals surface area (Å²) in [5.74, 6) is 2.35. The lowest BCUT2D eigenvalue weighted by Gasteiger charge is -2.54. The van der Waals surface area contributed by atoms with Crippen molar-refractivity contribution in [2.24, 2.45) is 23.7 Å². The number of aliphatic hydroxyl groups is 2. The maximum Gasteiger partial charge on any atom is 0.340 e. The lowest BCUT2D eigenvalue weighted by atomic mass is 9.64. The largest absolute Gasteiger partial charge is 0.487 e. The van der Waals surface area contributed by atoms with E-state index in [0.29, 0.717) is 17.8 Å². The second-order valence-electron chi connectivity index (χ2n) is 8.79. The van der Waals surface area contributed by atoms with Gasteiger partial charge in [-0.1, -0.05) is 26.8 Å². The number of hydrogen-bond acceptors (Lipinski definition) is 7. The van der Waals surface area contributed by atoms with Gasteiger partial charge in [-0.15, -0.1) is 30.1 Å². The molecule has 5 nitrogen and oxygen atoms in total. The predicted molar refractivity (Wildman–Crippen MR) is 112 cm³/mol. The molecule has 7 heteroatoms. The molecule has 0 aromatic heterocycles. The summed E-state index contributed by atoms with van der Waals surface area (Å²) in [6, 6.07) is 0. The lowest BCUT2D eigenvalue weighted by Crippen LogP contribution is -2.63. The zero-order chi connectivity index (χ0) is 20.3. The number of aliphatic hydroxyl groups excluding tert-OH is 2.